The number of likely N-dealkylation sites (tertiary alicyclic amines) is 1. The standard InChI is InChI=1S/C25H35N3O2/c1-2-3-8-21-9-4-6-11-23(21)26-19-20-13-16-28(17-14-20)25(30)27-24-12-7-5-10-22(24)15-18-29/h4-7,9-12,20,26,29H,2-3,8,13-19H2,1H3,(H,27,30). The zero-order valence-corrected chi connectivity index (χ0v) is 18.1. The van der Waals surface area contributed by atoms with Crippen molar-refractivity contribution in [3.63, 3.8) is 0 Å². The van der Waals surface area contributed by atoms with Gasteiger partial charge in [-0.3, -0.25) is 0 Å². The number of anilines is 2. The number of nitrogens with one attached hydrogen (secondary N) is 2. The molecule has 3 rings (SSSR count). The number of benzene rings is 2. The van der Waals surface area contributed by atoms with Crippen molar-refractivity contribution in [1.29, 1.82) is 0 Å². The summed E-state index contributed by atoms with van der Waals surface area (Å²) in [5, 5.41) is 15.9. The van der Waals surface area contributed by atoms with Crippen LogP contribution in [0.2, 0.25) is 0 Å². The molecule has 3 N–H and O–H groups in total. The van der Waals surface area contributed by atoms with Crippen LogP contribution >= 0.6 is 0 Å². The van der Waals surface area contributed by atoms with Crippen LogP contribution in [-0.4, -0.2) is 42.3 Å². The molecule has 2 aromatic carbocycles. The van der Waals surface area contributed by atoms with Crippen LogP contribution in [0.3, 0.4) is 0 Å². The summed E-state index contributed by atoms with van der Waals surface area (Å²) in [5.74, 6) is 0.579. The molecule has 5 heteroatoms. The molecule has 0 saturated carbocycles. The molecular weight excluding hydrogens is 374 g/mol. The number of rotatable bonds is 9. The highest BCUT2D eigenvalue weighted by Crippen LogP contribution is 2.23. The summed E-state index contributed by atoms with van der Waals surface area (Å²) in [6.45, 7) is 4.81. The predicted octanol–water partition coefficient (Wildman–Crippen LogP) is 4.92. The zero-order chi connectivity index (χ0) is 21.2. The highest BCUT2D eigenvalue weighted by atomic mass is 16.3. The van der Waals surface area contributed by atoms with Gasteiger partial charge in [0.25, 0.3) is 0 Å². The molecule has 1 saturated heterocycles. The first-order valence-electron chi connectivity index (χ1n) is 11.3. The van der Waals surface area contributed by atoms with Crippen molar-refractivity contribution in [2.75, 3.05) is 36.9 Å². The van der Waals surface area contributed by atoms with E-state index >= 15 is 0 Å². The second-order valence-corrected chi connectivity index (χ2v) is 8.13. The third-order valence-electron chi connectivity index (χ3n) is 5.94. The first-order chi connectivity index (χ1) is 14.7. The Bertz CT molecular complexity index is 800. The number of hydrogen-bond donors (Lipinski definition) is 3. The van der Waals surface area contributed by atoms with E-state index in [-0.39, 0.29) is 12.6 Å². The molecule has 2 amide bonds. The van der Waals surface area contributed by atoms with E-state index in [1.807, 2.05) is 29.2 Å². The number of para-hydroxylation sites is 2. The molecule has 1 fully saturated rings. The fourth-order valence-corrected chi connectivity index (χ4v) is 4.05. The maximum atomic E-state index is 12.7. The van der Waals surface area contributed by atoms with Crippen LogP contribution < -0.4 is 10.6 Å². The monoisotopic (exact) mass is 409 g/mol. The van der Waals surface area contributed by atoms with Gasteiger partial charge in [0.2, 0.25) is 0 Å². The molecule has 0 bridgehead atoms. The maximum Gasteiger partial charge on any atom is 0.321 e. The van der Waals surface area contributed by atoms with Gasteiger partial charge in [0.1, 0.15) is 0 Å². The van der Waals surface area contributed by atoms with Crippen LogP contribution in [0.15, 0.2) is 48.5 Å². The van der Waals surface area contributed by atoms with Crippen LogP contribution in [0.5, 0.6) is 0 Å². The smallest absolute Gasteiger partial charge is 0.321 e. The maximum absolute atomic E-state index is 12.7. The van der Waals surface area contributed by atoms with E-state index in [4.69, 9.17) is 0 Å². The van der Waals surface area contributed by atoms with Crippen LogP contribution in [0.1, 0.15) is 43.7 Å². The lowest BCUT2D eigenvalue weighted by molar-refractivity contribution is 0.185. The van der Waals surface area contributed by atoms with Gasteiger partial charge in [0.15, 0.2) is 0 Å². The lowest BCUT2D eigenvalue weighted by Crippen LogP contribution is -2.42. The lowest BCUT2D eigenvalue weighted by atomic mass is 9.96. The summed E-state index contributed by atoms with van der Waals surface area (Å²) in [7, 11) is 0. The van der Waals surface area contributed by atoms with Crippen molar-refractivity contribution in [3.8, 4) is 0 Å². The Hall–Kier alpha value is -2.53. The number of urea groups is 1. The summed E-state index contributed by atoms with van der Waals surface area (Å²) in [5.41, 5.74) is 4.42. The topological polar surface area (TPSA) is 64.6 Å². The zero-order valence-electron chi connectivity index (χ0n) is 18.1. The molecule has 5 nitrogen and oxygen atoms in total. The van der Waals surface area contributed by atoms with Crippen LogP contribution in [0.25, 0.3) is 0 Å². The fraction of sp³-hybridized carbons (Fsp3) is 0.480. The van der Waals surface area contributed by atoms with Crippen molar-refractivity contribution >= 4 is 17.4 Å². The number of hydrogen-bond acceptors (Lipinski definition) is 3. The molecule has 1 aliphatic rings. The quantitative estimate of drug-likeness (QED) is 0.551. The van der Waals surface area contributed by atoms with E-state index in [1.54, 1.807) is 0 Å². The molecule has 30 heavy (non-hydrogen) atoms. The average molecular weight is 410 g/mol. The number of aryl methyl sites for hydroxylation is 1. The van der Waals surface area contributed by atoms with Gasteiger partial charge in [-0.25, -0.2) is 4.79 Å². The Kier molecular flexibility index (Phi) is 8.57. The molecule has 0 aromatic heterocycles. The van der Waals surface area contributed by atoms with Crippen molar-refractivity contribution in [2.24, 2.45) is 5.92 Å². The molecule has 0 spiro atoms. The second-order valence-electron chi connectivity index (χ2n) is 8.13. The molecule has 0 unspecified atom stereocenters. The average Bonchev–Trinajstić information content (AvgIpc) is 2.78. The Morgan fingerprint density at radius 3 is 2.30 bits per heavy atom. The Morgan fingerprint density at radius 1 is 1.00 bits per heavy atom. The number of piperidine rings is 1. The highest BCUT2D eigenvalue weighted by molar-refractivity contribution is 5.90. The number of carbonyl (C=O) groups excluding carboxylic acids is 1. The highest BCUT2D eigenvalue weighted by Gasteiger charge is 2.23. The molecule has 2 aromatic rings. The van der Waals surface area contributed by atoms with Crippen molar-refractivity contribution in [3.05, 3.63) is 59.7 Å². The second kappa shape index (κ2) is 11.6. The van der Waals surface area contributed by atoms with Gasteiger partial charge in [-0.1, -0.05) is 49.7 Å². The van der Waals surface area contributed by atoms with Crippen LogP contribution in [0.4, 0.5) is 16.2 Å². The lowest BCUT2D eigenvalue weighted by Gasteiger charge is -2.32. The first-order valence-corrected chi connectivity index (χ1v) is 11.3. The largest absolute Gasteiger partial charge is 0.396 e. The molecule has 0 radical (unpaired) electrons. The van der Waals surface area contributed by atoms with Gasteiger partial charge in [-0.15, -0.1) is 0 Å². The summed E-state index contributed by atoms with van der Waals surface area (Å²) in [6.07, 6.45) is 6.11. The summed E-state index contributed by atoms with van der Waals surface area (Å²) < 4.78 is 0. The van der Waals surface area contributed by atoms with E-state index in [0.717, 1.165) is 50.1 Å². The minimum atomic E-state index is -0.0447. The number of nitrogens with zero attached hydrogens (tertiary/aromatic N) is 1. The summed E-state index contributed by atoms with van der Waals surface area (Å²) >= 11 is 0. The van der Waals surface area contributed by atoms with E-state index in [9.17, 15) is 9.90 Å². The molecule has 1 heterocycles. The van der Waals surface area contributed by atoms with Gasteiger partial charge >= 0.3 is 6.03 Å². The molecule has 0 atom stereocenters. The molecular formula is C25H35N3O2. The molecule has 0 aliphatic carbocycles. The van der Waals surface area contributed by atoms with E-state index in [1.165, 1.54) is 24.1 Å². The SMILES string of the molecule is CCCCc1ccccc1NCC1CCN(C(=O)Nc2ccccc2CCO)CC1. The van der Waals surface area contributed by atoms with Crippen LogP contribution in [-0.2, 0) is 12.8 Å². The van der Waals surface area contributed by atoms with Gasteiger partial charge in [-0.05, 0) is 61.3 Å². The number of aliphatic hydroxyl groups is 1. The van der Waals surface area contributed by atoms with Gasteiger partial charge in [0, 0.05) is 37.6 Å². The summed E-state index contributed by atoms with van der Waals surface area (Å²) in [6, 6.07) is 16.3. The summed E-state index contributed by atoms with van der Waals surface area (Å²) in [4.78, 5) is 14.6. The van der Waals surface area contributed by atoms with Crippen LogP contribution in [0, 0.1) is 5.92 Å². The van der Waals surface area contributed by atoms with E-state index < -0.39 is 0 Å². The minimum Gasteiger partial charge on any atom is -0.396 e. The first kappa shape index (κ1) is 22.2. The predicted molar refractivity (Wildman–Crippen MR) is 124 cm³/mol. The Morgan fingerprint density at radius 2 is 1.63 bits per heavy atom. The van der Waals surface area contributed by atoms with E-state index in [2.05, 4.69) is 41.8 Å². The van der Waals surface area contributed by atoms with Gasteiger partial charge in [-0.2, -0.15) is 0 Å². The third-order valence-corrected chi connectivity index (χ3v) is 5.94. The van der Waals surface area contributed by atoms with Gasteiger partial charge < -0.3 is 20.6 Å². The minimum absolute atomic E-state index is 0.0447. The van der Waals surface area contributed by atoms with Crippen molar-refractivity contribution < 1.29 is 9.90 Å². The third kappa shape index (κ3) is 6.23. The van der Waals surface area contributed by atoms with Gasteiger partial charge in [0.05, 0.1) is 0 Å². The molecule has 162 valence electrons. The number of carbonyl (C=O) groups is 1. The number of unbranched alkanes of at least 4 members (excludes halogenated alkanes) is 1. The fourth-order valence-electron chi connectivity index (χ4n) is 4.05. The number of aliphatic hydroxyl groups excluding tert-OH is 1. The van der Waals surface area contributed by atoms with Crippen molar-refractivity contribution in [2.45, 2.75) is 45.4 Å². The number of amides is 2. The molecule has 1 aliphatic heterocycles. The normalized spacial score (nSPS) is 14.5. The Balaban J connectivity index is 1.47. The Labute approximate surface area is 180 Å². The van der Waals surface area contributed by atoms with E-state index in [0.29, 0.717) is 12.3 Å². The van der Waals surface area contributed by atoms with Crippen molar-refractivity contribution in [1.82, 2.24) is 4.90 Å².